The minimum absolute atomic E-state index is 0.0394. The van der Waals surface area contributed by atoms with Crippen molar-refractivity contribution in [3.63, 3.8) is 0 Å². The van der Waals surface area contributed by atoms with E-state index in [0.29, 0.717) is 17.9 Å². The SMILES string of the molecule is COC(=O)c1nc(C(=O)NCC(C)(C)CO)ccc1-c1cc2c(cc1C(=O)O)-c1sccc1CO2. The van der Waals surface area contributed by atoms with Crippen LogP contribution in [0.25, 0.3) is 21.6 Å². The topological polar surface area (TPSA) is 135 Å². The van der Waals surface area contributed by atoms with Gasteiger partial charge in [-0.15, -0.1) is 11.3 Å². The Morgan fingerprint density at radius 1 is 1.17 bits per heavy atom. The van der Waals surface area contributed by atoms with Crippen molar-refractivity contribution in [2.75, 3.05) is 20.3 Å². The van der Waals surface area contributed by atoms with Crippen LogP contribution in [0.3, 0.4) is 0 Å². The van der Waals surface area contributed by atoms with Gasteiger partial charge in [0.25, 0.3) is 5.91 Å². The fraction of sp³-hybridized carbons (Fsp3) is 0.280. The van der Waals surface area contributed by atoms with Crippen molar-refractivity contribution in [2.24, 2.45) is 5.41 Å². The van der Waals surface area contributed by atoms with Gasteiger partial charge in [0.05, 0.1) is 12.7 Å². The molecular formula is C25H24N2O7S. The molecule has 1 aliphatic heterocycles. The van der Waals surface area contributed by atoms with Crippen LogP contribution < -0.4 is 10.1 Å². The molecule has 35 heavy (non-hydrogen) atoms. The normalized spacial score (nSPS) is 12.2. The first kappa shape index (κ1) is 24.4. The molecule has 0 fully saturated rings. The maximum absolute atomic E-state index is 12.7. The van der Waals surface area contributed by atoms with Crippen molar-refractivity contribution in [1.29, 1.82) is 0 Å². The first-order valence-corrected chi connectivity index (χ1v) is 11.6. The number of aliphatic hydroxyl groups excluding tert-OH is 1. The number of rotatable bonds is 7. The van der Waals surface area contributed by atoms with Gasteiger partial charge in [-0.3, -0.25) is 4.79 Å². The van der Waals surface area contributed by atoms with E-state index < -0.39 is 23.3 Å². The number of aromatic nitrogens is 1. The first-order valence-electron chi connectivity index (χ1n) is 10.7. The van der Waals surface area contributed by atoms with Gasteiger partial charge in [0.1, 0.15) is 18.1 Å². The van der Waals surface area contributed by atoms with Gasteiger partial charge in [-0.05, 0) is 35.7 Å². The molecule has 3 heterocycles. The smallest absolute Gasteiger partial charge is 0.357 e. The molecule has 0 saturated heterocycles. The zero-order chi connectivity index (χ0) is 25.3. The van der Waals surface area contributed by atoms with E-state index in [1.165, 1.54) is 36.6 Å². The summed E-state index contributed by atoms with van der Waals surface area (Å²) in [6.07, 6.45) is 0. The Labute approximate surface area is 205 Å². The number of aromatic carboxylic acids is 1. The van der Waals surface area contributed by atoms with E-state index in [1.807, 2.05) is 11.4 Å². The molecule has 0 atom stereocenters. The molecule has 1 aliphatic rings. The van der Waals surface area contributed by atoms with Crippen LogP contribution in [0.4, 0.5) is 0 Å². The second-order valence-electron chi connectivity index (χ2n) is 8.85. The number of carboxylic acid groups (broad SMARTS) is 1. The molecule has 0 radical (unpaired) electrons. The van der Waals surface area contributed by atoms with Gasteiger partial charge >= 0.3 is 11.9 Å². The summed E-state index contributed by atoms with van der Waals surface area (Å²) in [6.45, 7) is 3.99. The van der Waals surface area contributed by atoms with Crippen LogP contribution in [-0.2, 0) is 11.3 Å². The van der Waals surface area contributed by atoms with Crippen molar-refractivity contribution in [2.45, 2.75) is 20.5 Å². The Balaban J connectivity index is 1.80. The number of aliphatic hydroxyl groups is 1. The number of fused-ring (bicyclic) bond motifs is 3. The highest BCUT2D eigenvalue weighted by Gasteiger charge is 2.27. The van der Waals surface area contributed by atoms with E-state index >= 15 is 0 Å². The van der Waals surface area contributed by atoms with Gasteiger partial charge in [0, 0.05) is 45.7 Å². The van der Waals surface area contributed by atoms with Crippen molar-refractivity contribution < 1.29 is 34.1 Å². The molecule has 1 aromatic carbocycles. The predicted molar refractivity (Wildman–Crippen MR) is 129 cm³/mol. The second kappa shape index (κ2) is 9.47. The molecule has 3 N–H and O–H groups in total. The maximum Gasteiger partial charge on any atom is 0.357 e. The fourth-order valence-corrected chi connectivity index (χ4v) is 4.57. The Bertz CT molecular complexity index is 1330. The zero-order valence-corrected chi connectivity index (χ0v) is 20.2. The highest BCUT2D eigenvalue weighted by molar-refractivity contribution is 7.13. The summed E-state index contributed by atoms with van der Waals surface area (Å²) in [7, 11) is 1.18. The Hall–Kier alpha value is -3.76. The number of methoxy groups -OCH3 is 1. The lowest BCUT2D eigenvalue weighted by Gasteiger charge is -2.22. The number of amides is 1. The Kier molecular flexibility index (Phi) is 6.60. The van der Waals surface area contributed by atoms with Crippen LogP contribution in [-0.4, -0.2) is 53.3 Å². The number of ether oxygens (including phenoxy) is 2. The summed E-state index contributed by atoms with van der Waals surface area (Å²) in [4.78, 5) is 42.6. The number of carbonyl (C=O) groups is 3. The summed E-state index contributed by atoms with van der Waals surface area (Å²) in [5.41, 5.74) is 1.24. The molecule has 4 rings (SSSR count). The van der Waals surface area contributed by atoms with E-state index in [2.05, 4.69) is 10.3 Å². The lowest BCUT2D eigenvalue weighted by molar-refractivity contribution is 0.0593. The standard InChI is InChI=1S/C25H24N2O7S/c1-25(2,12-28)11-26-22(29)18-5-4-14(20(27-18)24(32)33-3)15-9-19-17(8-16(15)23(30)31)21-13(10-34-19)6-7-35-21/h4-9,28H,10-12H2,1-3H3,(H,26,29)(H,30,31). The number of esters is 1. The number of nitrogens with one attached hydrogen (secondary N) is 1. The summed E-state index contributed by atoms with van der Waals surface area (Å²) in [5, 5.41) is 24.0. The van der Waals surface area contributed by atoms with Crippen molar-refractivity contribution >= 4 is 29.2 Å². The largest absolute Gasteiger partial charge is 0.488 e. The van der Waals surface area contributed by atoms with Crippen molar-refractivity contribution in [3.8, 4) is 27.3 Å². The van der Waals surface area contributed by atoms with Gasteiger partial charge in [0.2, 0.25) is 0 Å². The van der Waals surface area contributed by atoms with E-state index in [4.69, 9.17) is 9.47 Å². The fourth-order valence-electron chi connectivity index (χ4n) is 3.64. The van der Waals surface area contributed by atoms with Crippen molar-refractivity contribution in [1.82, 2.24) is 10.3 Å². The monoisotopic (exact) mass is 496 g/mol. The zero-order valence-electron chi connectivity index (χ0n) is 19.4. The minimum Gasteiger partial charge on any atom is -0.488 e. The van der Waals surface area contributed by atoms with Crippen LogP contribution in [0, 0.1) is 5.41 Å². The van der Waals surface area contributed by atoms with E-state index in [9.17, 15) is 24.6 Å². The van der Waals surface area contributed by atoms with Gasteiger partial charge in [-0.1, -0.05) is 13.8 Å². The van der Waals surface area contributed by atoms with Crippen LogP contribution in [0.1, 0.15) is 50.7 Å². The number of thiophene rings is 1. The number of carboxylic acids is 1. The molecular weight excluding hydrogens is 472 g/mol. The van der Waals surface area contributed by atoms with Crippen LogP contribution in [0.5, 0.6) is 5.75 Å². The summed E-state index contributed by atoms with van der Waals surface area (Å²) in [5.74, 6) is -2.05. The van der Waals surface area contributed by atoms with Gasteiger partial charge in [0.15, 0.2) is 5.69 Å². The van der Waals surface area contributed by atoms with Crippen LogP contribution in [0.15, 0.2) is 35.7 Å². The van der Waals surface area contributed by atoms with E-state index in [1.54, 1.807) is 19.9 Å². The maximum atomic E-state index is 12.7. The molecule has 0 spiro atoms. The van der Waals surface area contributed by atoms with E-state index in [0.717, 1.165) is 10.4 Å². The highest BCUT2D eigenvalue weighted by Crippen LogP contribution is 2.44. The Morgan fingerprint density at radius 3 is 2.63 bits per heavy atom. The van der Waals surface area contributed by atoms with Gasteiger partial charge in [-0.2, -0.15) is 0 Å². The quantitative estimate of drug-likeness (QED) is 0.422. The number of benzene rings is 1. The number of carbonyl (C=O) groups excluding carboxylic acids is 2. The molecule has 182 valence electrons. The number of hydrogen-bond donors (Lipinski definition) is 3. The predicted octanol–water partition coefficient (Wildman–Crippen LogP) is 3.60. The van der Waals surface area contributed by atoms with Crippen LogP contribution >= 0.6 is 11.3 Å². The lowest BCUT2D eigenvalue weighted by atomic mass is 9.93. The van der Waals surface area contributed by atoms with Crippen molar-refractivity contribution in [3.05, 3.63) is 58.2 Å². The third kappa shape index (κ3) is 4.75. The average Bonchev–Trinajstić information content (AvgIpc) is 3.35. The number of pyridine rings is 1. The second-order valence-corrected chi connectivity index (χ2v) is 9.77. The van der Waals surface area contributed by atoms with Gasteiger partial charge < -0.3 is 25.0 Å². The molecule has 0 saturated carbocycles. The molecule has 10 heteroatoms. The molecule has 0 aliphatic carbocycles. The first-order chi connectivity index (χ1) is 16.6. The minimum atomic E-state index is -1.18. The van der Waals surface area contributed by atoms with E-state index in [-0.39, 0.29) is 41.2 Å². The molecule has 0 unspecified atom stereocenters. The highest BCUT2D eigenvalue weighted by atomic mass is 32.1. The molecule has 9 nitrogen and oxygen atoms in total. The van der Waals surface area contributed by atoms with Crippen LogP contribution in [0.2, 0.25) is 0 Å². The third-order valence-electron chi connectivity index (χ3n) is 5.68. The molecule has 1 amide bonds. The summed E-state index contributed by atoms with van der Waals surface area (Å²) in [6, 6.07) is 7.92. The van der Waals surface area contributed by atoms with Gasteiger partial charge in [-0.25, -0.2) is 14.6 Å². The number of hydrogen-bond acceptors (Lipinski definition) is 8. The molecule has 2 aromatic heterocycles. The summed E-state index contributed by atoms with van der Waals surface area (Å²) < 4.78 is 10.7. The lowest BCUT2D eigenvalue weighted by Crippen LogP contribution is -2.36. The molecule has 3 aromatic rings. The summed E-state index contributed by atoms with van der Waals surface area (Å²) >= 11 is 1.50. The Morgan fingerprint density at radius 2 is 1.94 bits per heavy atom. The third-order valence-corrected chi connectivity index (χ3v) is 6.67. The number of nitrogens with zero attached hydrogens (tertiary/aromatic N) is 1. The average molecular weight is 497 g/mol. The molecule has 0 bridgehead atoms.